The highest BCUT2D eigenvalue weighted by molar-refractivity contribution is 5.68. The fourth-order valence-electron chi connectivity index (χ4n) is 1.59. The Bertz CT molecular complexity index is 427. The van der Waals surface area contributed by atoms with Gasteiger partial charge in [0.2, 0.25) is 0 Å². The molecule has 0 fully saturated rings. The molecule has 0 saturated carbocycles. The van der Waals surface area contributed by atoms with Gasteiger partial charge in [0.1, 0.15) is 11.2 Å². The third-order valence-corrected chi connectivity index (χ3v) is 2.45. The number of ether oxygens (including phenoxy) is 2. The third-order valence-electron chi connectivity index (χ3n) is 2.45. The van der Waals surface area contributed by atoms with Gasteiger partial charge < -0.3 is 19.7 Å². The van der Waals surface area contributed by atoms with Gasteiger partial charge in [0.05, 0.1) is 0 Å². The van der Waals surface area contributed by atoms with Crippen LogP contribution in [0.4, 0.5) is 9.59 Å². The van der Waals surface area contributed by atoms with E-state index in [0.29, 0.717) is 32.5 Å². The Morgan fingerprint density at radius 2 is 1.61 bits per heavy atom. The van der Waals surface area contributed by atoms with Gasteiger partial charge in [-0.3, -0.25) is 0 Å². The number of nitrogens with one attached hydrogen (secondary N) is 1. The highest BCUT2D eigenvalue weighted by atomic mass is 16.6. The molecule has 0 aromatic carbocycles. The van der Waals surface area contributed by atoms with Gasteiger partial charge in [0.25, 0.3) is 0 Å². The maximum atomic E-state index is 12.1. The molecule has 0 aromatic rings. The lowest BCUT2D eigenvalue weighted by Gasteiger charge is -2.27. The average Bonchev–Trinajstić information content (AvgIpc) is 2.33. The number of amides is 2. The Labute approximate surface area is 139 Å². The highest BCUT2D eigenvalue weighted by Crippen LogP contribution is 2.10. The number of terminal acetylenes is 1. The summed E-state index contributed by atoms with van der Waals surface area (Å²) >= 11 is 0. The molecule has 0 aliphatic carbocycles. The first kappa shape index (κ1) is 21.1. The van der Waals surface area contributed by atoms with E-state index in [1.54, 1.807) is 25.7 Å². The third kappa shape index (κ3) is 12.3. The highest BCUT2D eigenvalue weighted by Gasteiger charge is 2.21. The van der Waals surface area contributed by atoms with E-state index in [0.717, 1.165) is 0 Å². The Hall–Kier alpha value is -1.90. The lowest BCUT2D eigenvalue weighted by atomic mass is 10.2. The molecule has 0 heterocycles. The molecule has 0 aromatic heterocycles. The molecule has 23 heavy (non-hydrogen) atoms. The Balaban J connectivity index is 4.28. The summed E-state index contributed by atoms with van der Waals surface area (Å²) in [6.07, 6.45) is 5.43. The van der Waals surface area contributed by atoms with E-state index >= 15 is 0 Å². The van der Waals surface area contributed by atoms with E-state index in [-0.39, 0.29) is 0 Å². The minimum absolute atomic E-state index is 0.398. The standard InChI is InChI=1S/C17H30N2O4/c1-8-9-12-19(15(21)23-17(5,6)7)13-10-11-18-14(20)22-16(2,3)4/h1H,9-13H2,2-7H3,(H,18,20). The molecule has 0 aliphatic heterocycles. The minimum atomic E-state index is -0.555. The van der Waals surface area contributed by atoms with E-state index in [9.17, 15) is 9.59 Å². The van der Waals surface area contributed by atoms with Crippen molar-refractivity contribution in [2.75, 3.05) is 19.6 Å². The van der Waals surface area contributed by atoms with E-state index in [1.165, 1.54) is 0 Å². The summed E-state index contributed by atoms with van der Waals surface area (Å²) in [6, 6.07) is 0. The zero-order chi connectivity index (χ0) is 18.1. The van der Waals surface area contributed by atoms with E-state index in [2.05, 4.69) is 11.2 Å². The lowest BCUT2D eigenvalue weighted by Crippen LogP contribution is -2.39. The number of nitrogens with zero attached hydrogens (tertiary/aromatic N) is 1. The monoisotopic (exact) mass is 326 g/mol. The van der Waals surface area contributed by atoms with Crippen molar-refractivity contribution < 1.29 is 19.1 Å². The fraction of sp³-hybridized carbons (Fsp3) is 0.765. The second-order valence-corrected chi connectivity index (χ2v) is 7.20. The predicted molar refractivity (Wildman–Crippen MR) is 90.1 cm³/mol. The van der Waals surface area contributed by atoms with Crippen molar-refractivity contribution in [1.82, 2.24) is 10.2 Å². The Morgan fingerprint density at radius 3 is 2.09 bits per heavy atom. The maximum Gasteiger partial charge on any atom is 0.410 e. The molecule has 0 rings (SSSR count). The molecule has 6 nitrogen and oxygen atoms in total. The summed E-state index contributed by atoms with van der Waals surface area (Å²) in [7, 11) is 0. The molecule has 6 heteroatoms. The van der Waals surface area contributed by atoms with Gasteiger partial charge in [-0.1, -0.05) is 0 Å². The van der Waals surface area contributed by atoms with Crippen LogP contribution >= 0.6 is 0 Å². The first-order valence-electron chi connectivity index (χ1n) is 7.83. The van der Waals surface area contributed by atoms with E-state index in [1.807, 2.05) is 20.8 Å². The summed E-state index contributed by atoms with van der Waals surface area (Å²) < 4.78 is 10.5. The van der Waals surface area contributed by atoms with Crippen molar-refractivity contribution in [3.63, 3.8) is 0 Å². The SMILES string of the molecule is C#CCCN(CCCNC(=O)OC(C)(C)C)C(=O)OC(C)(C)C. The van der Waals surface area contributed by atoms with Crippen LogP contribution in [0.1, 0.15) is 54.4 Å². The van der Waals surface area contributed by atoms with Crippen LogP contribution in [0.15, 0.2) is 0 Å². The van der Waals surface area contributed by atoms with Crippen LogP contribution in [0.2, 0.25) is 0 Å². The number of rotatable bonds is 6. The molecule has 0 saturated heterocycles. The van der Waals surface area contributed by atoms with Gasteiger partial charge in [-0.05, 0) is 48.0 Å². The van der Waals surface area contributed by atoms with Crippen molar-refractivity contribution in [2.24, 2.45) is 0 Å². The summed E-state index contributed by atoms with van der Waals surface area (Å²) in [6.45, 7) is 12.1. The Morgan fingerprint density at radius 1 is 1.04 bits per heavy atom. The average molecular weight is 326 g/mol. The van der Waals surface area contributed by atoms with Crippen molar-refractivity contribution in [2.45, 2.75) is 65.6 Å². The van der Waals surface area contributed by atoms with Crippen LogP contribution < -0.4 is 5.32 Å². The zero-order valence-electron chi connectivity index (χ0n) is 15.2. The van der Waals surface area contributed by atoms with E-state index in [4.69, 9.17) is 15.9 Å². The van der Waals surface area contributed by atoms with Crippen molar-refractivity contribution in [1.29, 1.82) is 0 Å². The van der Waals surface area contributed by atoms with Gasteiger partial charge in [0.15, 0.2) is 0 Å². The number of carbonyl (C=O) groups excluding carboxylic acids is 2. The van der Waals surface area contributed by atoms with Crippen LogP contribution in [-0.4, -0.2) is 47.9 Å². The summed E-state index contributed by atoms with van der Waals surface area (Å²) in [5.41, 5.74) is -1.08. The van der Waals surface area contributed by atoms with Crippen LogP contribution in [0, 0.1) is 12.3 Å². The summed E-state index contributed by atoms with van der Waals surface area (Å²) in [4.78, 5) is 25.2. The number of hydrogen-bond acceptors (Lipinski definition) is 4. The van der Waals surface area contributed by atoms with Crippen molar-refractivity contribution in [3.8, 4) is 12.3 Å². The summed E-state index contributed by atoms with van der Waals surface area (Å²) in [5.74, 6) is 2.51. The normalized spacial score (nSPS) is 11.3. The van der Waals surface area contributed by atoms with E-state index < -0.39 is 23.4 Å². The molecule has 0 unspecified atom stereocenters. The molecular weight excluding hydrogens is 296 g/mol. The molecule has 1 N–H and O–H groups in total. The first-order chi connectivity index (χ1) is 10.4. The fourth-order valence-corrected chi connectivity index (χ4v) is 1.59. The number of alkyl carbamates (subject to hydrolysis) is 1. The second kappa shape index (κ2) is 9.29. The maximum absolute atomic E-state index is 12.1. The van der Waals surface area contributed by atoms with Crippen LogP contribution in [0.25, 0.3) is 0 Å². The molecule has 0 aliphatic rings. The van der Waals surface area contributed by atoms with Gasteiger partial charge >= 0.3 is 12.2 Å². The number of carbonyl (C=O) groups is 2. The topological polar surface area (TPSA) is 67.9 Å². The van der Waals surface area contributed by atoms with Crippen LogP contribution in [0.3, 0.4) is 0 Å². The molecule has 0 spiro atoms. The molecule has 0 radical (unpaired) electrons. The molecule has 2 amide bonds. The quantitative estimate of drug-likeness (QED) is 0.601. The smallest absolute Gasteiger partial charge is 0.410 e. The largest absolute Gasteiger partial charge is 0.444 e. The van der Waals surface area contributed by atoms with Gasteiger partial charge in [0, 0.05) is 26.1 Å². The zero-order valence-corrected chi connectivity index (χ0v) is 15.2. The minimum Gasteiger partial charge on any atom is -0.444 e. The Kier molecular flexibility index (Phi) is 8.52. The van der Waals surface area contributed by atoms with Crippen molar-refractivity contribution in [3.05, 3.63) is 0 Å². The number of hydrogen-bond donors (Lipinski definition) is 1. The summed E-state index contributed by atoms with van der Waals surface area (Å²) in [5, 5.41) is 2.66. The molecule has 132 valence electrons. The van der Waals surface area contributed by atoms with Gasteiger partial charge in [-0.15, -0.1) is 12.3 Å². The van der Waals surface area contributed by atoms with Crippen LogP contribution in [0.5, 0.6) is 0 Å². The predicted octanol–water partition coefficient (Wildman–Crippen LogP) is 3.16. The first-order valence-corrected chi connectivity index (χ1v) is 7.83. The molecular formula is C17H30N2O4. The van der Waals surface area contributed by atoms with Crippen LogP contribution in [-0.2, 0) is 9.47 Å². The van der Waals surface area contributed by atoms with Gasteiger partial charge in [-0.2, -0.15) is 0 Å². The molecule has 0 bridgehead atoms. The second-order valence-electron chi connectivity index (χ2n) is 7.20. The van der Waals surface area contributed by atoms with Crippen molar-refractivity contribution >= 4 is 12.2 Å². The van der Waals surface area contributed by atoms with Gasteiger partial charge in [-0.25, -0.2) is 9.59 Å². The lowest BCUT2D eigenvalue weighted by molar-refractivity contribution is 0.0252. The molecule has 0 atom stereocenters.